The first-order valence-corrected chi connectivity index (χ1v) is 6.37. The number of ether oxygens (including phenoxy) is 1. The maximum absolute atomic E-state index is 5.50. The second-order valence-corrected chi connectivity index (χ2v) is 5.18. The van der Waals surface area contributed by atoms with Gasteiger partial charge in [0, 0.05) is 12.6 Å². The third kappa shape index (κ3) is 1.53. The first-order valence-electron chi connectivity index (χ1n) is 6.37. The lowest BCUT2D eigenvalue weighted by atomic mass is 9.85. The Labute approximate surface area is 103 Å². The highest BCUT2D eigenvalue weighted by molar-refractivity contribution is 5.69. The third-order valence-electron chi connectivity index (χ3n) is 4.40. The highest BCUT2D eigenvalue weighted by Gasteiger charge is 2.43. The summed E-state index contributed by atoms with van der Waals surface area (Å²) < 4.78 is 5.50. The monoisotopic (exact) mass is 232 g/mol. The van der Waals surface area contributed by atoms with Crippen LogP contribution in [0.15, 0.2) is 18.2 Å². The van der Waals surface area contributed by atoms with E-state index in [0.29, 0.717) is 5.54 Å². The molecule has 1 fully saturated rings. The largest absolute Gasteiger partial charge is 0.495 e. The minimum absolute atomic E-state index is 0.322. The first kappa shape index (κ1) is 10.9. The van der Waals surface area contributed by atoms with Crippen molar-refractivity contribution < 1.29 is 4.74 Å². The fourth-order valence-corrected chi connectivity index (χ4v) is 3.37. The van der Waals surface area contributed by atoms with E-state index in [4.69, 9.17) is 4.74 Å². The Morgan fingerprint density at radius 1 is 1.29 bits per heavy atom. The Hall–Kier alpha value is -1.22. The standard InChI is InChI=1S/C14H20N2O/c1-16-13-11(4-3-5-12(13)17-2)10-14(16)6-8-15-9-7-14/h3-5,15H,6-10H2,1-2H3. The van der Waals surface area contributed by atoms with Gasteiger partial charge in [0.15, 0.2) is 0 Å². The summed E-state index contributed by atoms with van der Waals surface area (Å²) in [6, 6.07) is 6.41. The molecule has 0 bridgehead atoms. The number of nitrogens with zero attached hydrogens (tertiary/aromatic N) is 1. The van der Waals surface area contributed by atoms with Gasteiger partial charge < -0.3 is 15.0 Å². The lowest BCUT2D eigenvalue weighted by Gasteiger charge is -2.41. The minimum atomic E-state index is 0.322. The van der Waals surface area contributed by atoms with E-state index >= 15 is 0 Å². The highest BCUT2D eigenvalue weighted by Crippen LogP contribution is 2.46. The number of fused-ring (bicyclic) bond motifs is 1. The number of hydrogen-bond acceptors (Lipinski definition) is 3. The fourth-order valence-electron chi connectivity index (χ4n) is 3.37. The number of rotatable bonds is 1. The van der Waals surface area contributed by atoms with Gasteiger partial charge in [-0.3, -0.25) is 0 Å². The molecule has 0 atom stereocenters. The minimum Gasteiger partial charge on any atom is -0.495 e. The number of para-hydroxylation sites is 1. The number of piperidine rings is 1. The molecule has 0 radical (unpaired) electrons. The molecule has 1 spiro atoms. The van der Waals surface area contributed by atoms with Crippen LogP contribution in [0, 0.1) is 0 Å². The van der Waals surface area contributed by atoms with Crippen LogP contribution in [-0.4, -0.2) is 32.8 Å². The van der Waals surface area contributed by atoms with Crippen molar-refractivity contribution >= 4 is 5.69 Å². The summed E-state index contributed by atoms with van der Waals surface area (Å²) in [5.74, 6) is 1.01. The summed E-state index contributed by atoms with van der Waals surface area (Å²) in [6.07, 6.45) is 3.61. The van der Waals surface area contributed by atoms with Gasteiger partial charge in [-0.05, 0) is 44.0 Å². The molecule has 0 aromatic heterocycles. The molecule has 1 saturated heterocycles. The van der Waals surface area contributed by atoms with Gasteiger partial charge in [-0.25, -0.2) is 0 Å². The van der Waals surface area contributed by atoms with Gasteiger partial charge in [0.2, 0.25) is 0 Å². The van der Waals surface area contributed by atoms with Crippen molar-refractivity contribution in [3.05, 3.63) is 23.8 Å². The van der Waals surface area contributed by atoms with E-state index in [0.717, 1.165) is 25.3 Å². The Balaban J connectivity index is 2.02. The molecule has 0 saturated carbocycles. The lowest BCUT2D eigenvalue weighted by molar-refractivity contribution is 0.309. The second-order valence-electron chi connectivity index (χ2n) is 5.18. The quantitative estimate of drug-likeness (QED) is 0.799. The van der Waals surface area contributed by atoms with Crippen LogP contribution in [0.25, 0.3) is 0 Å². The lowest BCUT2D eigenvalue weighted by Crippen LogP contribution is -2.51. The molecule has 2 aliphatic rings. The molecule has 2 heterocycles. The summed E-state index contributed by atoms with van der Waals surface area (Å²) in [7, 11) is 3.98. The number of nitrogens with one attached hydrogen (secondary N) is 1. The summed E-state index contributed by atoms with van der Waals surface area (Å²) in [4.78, 5) is 2.46. The van der Waals surface area contributed by atoms with Gasteiger partial charge in [-0.1, -0.05) is 12.1 Å². The van der Waals surface area contributed by atoms with Gasteiger partial charge >= 0.3 is 0 Å². The Kier molecular flexibility index (Phi) is 2.51. The summed E-state index contributed by atoms with van der Waals surface area (Å²) >= 11 is 0. The third-order valence-corrected chi connectivity index (χ3v) is 4.40. The molecule has 3 nitrogen and oxygen atoms in total. The zero-order valence-electron chi connectivity index (χ0n) is 10.6. The van der Waals surface area contributed by atoms with Crippen molar-refractivity contribution in [2.75, 3.05) is 32.1 Å². The van der Waals surface area contributed by atoms with E-state index in [9.17, 15) is 0 Å². The van der Waals surface area contributed by atoms with E-state index in [2.05, 4.69) is 35.5 Å². The normalized spacial score (nSPS) is 21.6. The van der Waals surface area contributed by atoms with Crippen LogP contribution in [-0.2, 0) is 6.42 Å². The highest BCUT2D eigenvalue weighted by atomic mass is 16.5. The van der Waals surface area contributed by atoms with Crippen molar-refractivity contribution in [1.82, 2.24) is 5.32 Å². The fraction of sp³-hybridized carbons (Fsp3) is 0.571. The smallest absolute Gasteiger partial charge is 0.142 e. The van der Waals surface area contributed by atoms with Gasteiger partial charge in [0.25, 0.3) is 0 Å². The molecular weight excluding hydrogens is 212 g/mol. The van der Waals surface area contributed by atoms with Crippen molar-refractivity contribution in [2.45, 2.75) is 24.8 Å². The average Bonchev–Trinajstić information content (AvgIpc) is 2.64. The Bertz CT molecular complexity index is 424. The van der Waals surface area contributed by atoms with Crippen molar-refractivity contribution in [3.8, 4) is 5.75 Å². The van der Waals surface area contributed by atoms with E-state index in [1.54, 1.807) is 7.11 Å². The van der Waals surface area contributed by atoms with Crippen molar-refractivity contribution in [3.63, 3.8) is 0 Å². The number of anilines is 1. The van der Waals surface area contributed by atoms with Crippen LogP contribution in [0.4, 0.5) is 5.69 Å². The molecule has 3 rings (SSSR count). The summed E-state index contributed by atoms with van der Waals surface area (Å²) in [5.41, 5.74) is 3.06. The number of methoxy groups -OCH3 is 1. The van der Waals surface area contributed by atoms with E-state index in [-0.39, 0.29) is 0 Å². The van der Waals surface area contributed by atoms with E-state index in [1.807, 2.05) is 0 Å². The molecule has 0 amide bonds. The van der Waals surface area contributed by atoms with Crippen LogP contribution in [0.1, 0.15) is 18.4 Å². The van der Waals surface area contributed by atoms with Crippen LogP contribution < -0.4 is 15.0 Å². The molecule has 2 aliphatic heterocycles. The molecular formula is C14H20N2O. The van der Waals surface area contributed by atoms with Crippen molar-refractivity contribution in [1.29, 1.82) is 0 Å². The Morgan fingerprint density at radius 2 is 2.06 bits per heavy atom. The molecule has 1 aromatic rings. The van der Waals surface area contributed by atoms with Crippen LogP contribution >= 0.6 is 0 Å². The SMILES string of the molecule is COc1cccc2c1N(C)C1(CCNCC1)C2. The predicted molar refractivity (Wildman–Crippen MR) is 69.9 cm³/mol. The van der Waals surface area contributed by atoms with Gasteiger partial charge in [0.05, 0.1) is 12.8 Å². The molecule has 1 aromatic carbocycles. The van der Waals surface area contributed by atoms with Crippen LogP contribution in [0.3, 0.4) is 0 Å². The molecule has 0 aliphatic carbocycles. The molecule has 92 valence electrons. The molecule has 3 heteroatoms. The zero-order chi connectivity index (χ0) is 11.9. The van der Waals surface area contributed by atoms with E-state index < -0.39 is 0 Å². The molecule has 17 heavy (non-hydrogen) atoms. The van der Waals surface area contributed by atoms with Gasteiger partial charge in [-0.15, -0.1) is 0 Å². The maximum atomic E-state index is 5.50. The van der Waals surface area contributed by atoms with Crippen LogP contribution in [0.2, 0.25) is 0 Å². The molecule has 1 N–H and O–H groups in total. The van der Waals surface area contributed by atoms with E-state index in [1.165, 1.54) is 24.1 Å². The topological polar surface area (TPSA) is 24.5 Å². The van der Waals surface area contributed by atoms with Crippen LogP contribution in [0.5, 0.6) is 5.75 Å². The second kappa shape index (κ2) is 3.91. The summed E-state index contributed by atoms with van der Waals surface area (Å²) in [5, 5.41) is 3.45. The summed E-state index contributed by atoms with van der Waals surface area (Å²) in [6.45, 7) is 2.25. The molecule has 0 unspecified atom stereocenters. The van der Waals surface area contributed by atoms with Crippen molar-refractivity contribution in [2.24, 2.45) is 0 Å². The van der Waals surface area contributed by atoms with Gasteiger partial charge in [-0.2, -0.15) is 0 Å². The zero-order valence-corrected chi connectivity index (χ0v) is 10.6. The number of likely N-dealkylation sites (N-methyl/N-ethyl adjacent to an activating group) is 1. The van der Waals surface area contributed by atoms with Gasteiger partial charge in [0.1, 0.15) is 5.75 Å². The predicted octanol–water partition coefficient (Wildman–Crippen LogP) is 1.81. The first-order chi connectivity index (χ1) is 8.27. The Morgan fingerprint density at radius 3 is 2.76 bits per heavy atom. The number of hydrogen-bond donors (Lipinski definition) is 1. The number of benzene rings is 1. The maximum Gasteiger partial charge on any atom is 0.142 e. The average molecular weight is 232 g/mol.